The predicted molar refractivity (Wildman–Crippen MR) is 185 cm³/mol. The minimum absolute atomic E-state index is 0. The summed E-state index contributed by atoms with van der Waals surface area (Å²) < 4.78 is 17.5. The molecule has 3 saturated heterocycles. The average molecular weight is 666 g/mol. The third-order valence-corrected chi connectivity index (χ3v) is 11.7. The Balaban J connectivity index is 0.00000401. The highest BCUT2D eigenvalue weighted by atomic mass is 32.2. The number of aromatic amines is 1. The number of H-pyrrole nitrogens is 1. The molecular weight excluding hydrogens is 617 g/mol. The smallest absolute Gasteiger partial charge is 0.327 e. The summed E-state index contributed by atoms with van der Waals surface area (Å²) in [5, 5.41) is -0.891. The average Bonchev–Trinajstić information content (AvgIpc) is 3.78. The Labute approximate surface area is 281 Å². The van der Waals surface area contributed by atoms with Crippen LogP contribution < -0.4 is 10.6 Å². The van der Waals surface area contributed by atoms with Gasteiger partial charge in [-0.3, -0.25) is 24.0 Å². The number of carbonyl (C=O) groups is 2. The Morgan fingerprint density at radius 2 is 1.74 bits per heavy atom. The van der Waals surface area contributed by atoms with Crippen LogP contribution in [0, 0.1) is 11.2 Å². The minimum Gasteiger partial charge on any atom is -0.366 e. The number of benzene rings is 1. The number of likely N-dealkylation sites (tertiary alicyclic amines) is 1. The van der Waals surface area contributed by atoms with Crippen LogP contribution >= 0.6 is 11.8 Å². The van der Waals surface area contributed by atoms with Crippen molar-refractivity contribution in [2.45, 2.75) is 82.0 Å². The number of nitrogens with one attached hydrogen (secondary N) is 1. The molecule has 2 unspecified atom stereocenters. The number of rotatable bonds is 8. The third kappa shape index (κ3) is 6.68. The van der Waals surface area contributed by atoms with E-state index in [1.165, 1.54) is 30.7 Å². The van der Waals surface area contributed by atoms with E-state index in [1.807, 2.05) is 28.0 Å². The molecule has 254 valence electrons. The number of para-hydroxylation sites is 1. The zero-order valence-corrected chi connectivity index (χ0v) is 28.5. The second-order valence-electron chi connectivity index (χ2n) is 14.7. The van der Waals surface area contributed by atoms with Gasteiger partial charge >= 0.3 is 5.69 Å². The topological polar surface area (TPSA) is 97.8 Å². The standard InChI is InChI=1S/C35H46FN7O3S.H2/c1-35(2,3)13-17-42-32(45)28(22-29(44)40-15-11-24(12-16-40)43-27-8-5-14-37-31(27)38-34(43)46)47-33(42)25-6-4-7-26(36)30(25)41-20-18-39(19-21-41)23-9-10-23;/h4-8,14,23-24,28,33H,9-13,15-22H2,1-3H3,(H,37,38,46);1H. The van der Waals surface area contributed by atoms with Gasteiger partial charge < -0.3 is 14.7 Å². The molecular formula is C35H48FN7O3S. The number of aromatic nitrogens is 3. The molecule has 3 aromatic rings. The van der Waals surface area contributed by atoms with Crippen LogP contribution in [0.3, 0.4) is 0 Å². The first kappa shape index (κ1) is 32.2. The number of halogens is 1. The maximum absolute atomic E-state index is 15.7. The molecule has 0 bridgehead atoms. The summed E-state index contributed by atoms with van der Waals surface area (Å²) in [6.45, 7) is 11.4. The second kappa shape index (κ2) is 12.9. The number of hydrogen-bond acceptors (Lipinski definition) is 7. The molecule has 5 heterocycles. The lowest BCUT2D eigenvalue weighted by Gasteiger charge is -2.38. The third-order valence-electron chi connectivity index (χ3n) is 10.2. The van der Waals surface area contributed by atoms with E-state index < -0.39 is 5.25 Å². The lowest BCUT2D eigenvalue weighted by atomic mass is 9.92. The van der Waals surface area contributed by atoms with Crippen molar-refractivity contribution in [1.29, 1.82) is 0 Å². The zero-order valence-electron chi connectivity index (χ0n) is 27.7. The Morgan fingerprint density at radius 3 is 2.45 bits per heavy atom. The molecule has 4 fully saturated rings. The van der Waals surface area contributed by atoms with E-state index in [-0.39, 0.29) is 48.0 Å². The molecule has 0 radical (unpaired) electrons. The van der Waals surface area contributed by atoms with Crippen molar-refractivity contribution in [3.05, 3.63) is 58.4 Å². The molecule has 1 aromatic carbocycles. The summed E-state index contributed by atoms with van der Waals surface area (Å²) in [7, 11) is 0. The minimum atomic E-state index is -0.532. The zero-order chi connectivity index (χ0) is 32.9. The highest BCUT2D eigenvalue weighted by Crippen LogP contribution is 2.48. The van der Waals surface area contributed by atoms with Crippen molar-refractivity contribution in [3.8, 4) is 0 Å². The number of carbonyl (C=O) groups excluding carboxylic acids is 2. The first-order valence-corrected chi connectivity index (χ1v) is 18.1. The molecule has 2 atom stereocenters. The molecule has 3 aliphatic heterocycles. The normalized spacial score (nSPS) is 23.3. The Hall–Kier alpha value is -3.38. The fraction of sp³-hybridized carbons (Fsp3) is 0.600. The molecule has 1 aliphatic carbocycles. The highest BCUT2D eigenvalue weighted by molar-refractivity contribution is 8.01. The largest absolute Gasteiger partial charge is 0.366 e. The Bertz CT molecular complexity index is 1690. The number of piperidine rings is 1. The van der Waals surface area contributed by atoms with Crippen molar-refractivity contribution >= 4 is 40.4 Å². The number of anilines is 1. The van der Waals surface area contributed by atoms with Gasteiger partial charge in [0.05, 0.1) is 16.5 Å². The number of imidazole rings is 1. The van der Waals surface area contributed by atoms with Gasteiger partial charge in [-0.1, -0.05) is 32.9 Å². The molecule has 4 aliphatic rings. The number of amides is 2. The molecule has 2 amide bonds. The monoisotopic (exact) mass is 665 g/mol. The maximum atomic E-state index is 15.7. The summed E-state index contributed by atoms with van der Waals surface area (Å²) in [6, 6.07) is 9.62. The number of fused-ring (bicyclic) bond motifs is 1. The van der Waals surface area contributed by atoms with Crippen LogP contribution in [-0.4, -0.2) is 98.2 Å². The van der Waals surface area contributed by atoms with Crippen LogP contribution in [0.2, 0.25) is 0 Å². The van der Waals surface area contributed by atoms with Crippen LogP contribution in [0.25, 0.3) is 11.2 Å². The van der Waals surface area contributed by atoms with Crippen molar-refractivity contribution in [2.75, 3.05) is 50.7 Å². The lowest BCUT2D eigenvalue weighted by Crippen LogP contribution is -2.48. The van der Waals surface area contributed by atoms with Gasteiger partial charge in [-0.2, -0.15) is 0 Å². The van der Waals surface area contributed by atoms with Crippen molar-refractivity contribution in [3.63, 3.8) is 0 Å². The van der Waals surface area contributed by atoms with Crippen molar-refractivity contribution in [2.24, 2.45) is 5.41 Å². The second-order valence-corrected chi connectivity index (χ2v) is 16.0. The maximum Gasteiger partial charge on any atom is 0.327 e. The van der Waals surface area contributed by atoms with E-state index >= 15 is 4.39 Å². The van der Waals surface area contributed by atoms with Crippen LogP contribution in [-0.2, 0) is 9.59 Å². The molecule has 1 saturated carbocycles. The number of piperazine rings is 1. The van der Waals surface area contributed by atoms with Gasteiger partial charge in [0.15, 0.2) is 5.65 Å². The van der Waals surface area contributed by atoms with E-state index in [2.05, 4.69) is 40.5 Å². The highest BCUT2D eigenvalue weighted by Gasteiger charge is 2.44. The van der Waals surface area contributed by atoms with Gasteiger partial charge in [0.2, 0.25) is 11.8 Å². The summed E-state index contributed by atoms with van der Waals surface area (Å²) in [6.07, 6.45) is 6.39. The van der Waals surface area contributed by atoms with E-state index in [4.69, 9.17) is 0 Å². The van der Waals surface area contributed by atoms with E-state index in [1.54, 1.807) is 16.8 Å². The predicted octanol–water partition coefficient (Wildman–Crippen LogP) is 5.03. The molecule has 0 spiro atoms. The van der Waals surface area contributed by atoms with Crippen LogP contribution in [0.15, 0.2) is 41.3 Å². The molecule has 47 heavy (non-hydrogen) atoms. The van der Waals surface area contributed by atoms with Crippen molar-refractivity contribution in [1.82, 2.24) is 29.2 Å². The number of nitrogens with zero attached hydrogens (tertiary/aromatic N) is 6. The molecule has 10 nitrogen and oxygen atoms in total. The van der Waals surface area contributed by atoms with Crippen LogP contribution in [0.1, 0.15) is 77.7 Å². The number of hydrogen-bond donors (Lipinski definition) is 1. The molecule has 7 rings (SSSR count). The molecule has 12 heteroatoms. The van der Waals surface area contributed by atoms with Gasteiger partial charge in [0, 0.05) is 77.5 Å². The first-order valence-electron chi connectivity index (χ1n) is 17.1. The van der Waals surface area contributed by atoms with Gasteiger partial charge in [-0.15, -0.1) is 11.8 Å². The summed E-state index contributed by atoms with van der Waals surface area (Å²) in [5.41, 5.74) is 2.61. The first-order chi connectivity index (χ1) is 22.6. The number of thioether (sulfide) groups is 1. The lowest BCUT2D eigenvalue weighted by molar-refractivity contribution is -0.136. The van der Waals surface area contributed by atoms with Gasteiger partial charge in [-0.05, 0) is 55.7 Å². The van der Waals surface area contributed by atoms with E-state index in [9.17, 15) is 14.4 Å². The van der Waals surface area contributed by atoms with Gasteiger partial charge in [-0.25, -0.2) is 14.2 Å². The van der Waals surface area contributed by atoms with Gasteiger partial charge in [0.1, 0.15) is 11.2 Å². The quantitative estimate of drug-likeness (QED) is 0.361. The number of pyridine rings is 1. The fourth-order valence-electron chi connectivity index (χ4n) is 7.45. The fourth-order valence-corrected chi connectivity index (χ4v) is 8.94. The van der Waals surface area contributed by atoms with Crippen LogP contribution in [0.5, 0.6) is 0 Å². The summed E-state index contributed by atoms with van der Waals surface area (Å²) >= 11 is 1.50. The Kier molecular flexibility index (Phi) is 8.84. The summed E-state index contributed by atoms with van der Waals surface area (Å²) in [5.74, 6) is -0.341. The van der Waals surface area contributed by atoms with Crippen LogP contribution in [0.4, 0.5) is 10.1 Å². The van der Waals surface area contributed by atoms with E-state index in [0.29, 0.717) is 49.9 Å². The Morgan fingerprint density at radius 1 is 1.00 bits per heavy atom. The van der Waals surface area contributed by atoms with E-state index in [0.717, 1.165) is 43.7 Å². The van der Waals surface area contributed by atoms with Crippen molar-refractivity contribution < 1.29 is 15.4 Å². The summed E-state index contributed by atoms with van der Waals surface area (Å²) in [4.78, 5) is 56.0. The SMILES string of the molecule is CC(C)(C)CCN1C(=O)C(CC(=O)N2CCC(n3c(=O)[nH]c4ncccc43)CC2)SC1c1cccc(F)c1N1CCN(C2CC2)CC1.[HH]. The van der Waals surface area contributed by atoms with Gasteiger partial charge in [0.25, 0.3) is 0 Å². The molecule has 2 aromatic heterocycles. The molecule has 1 N–H and O–H groups in total.